The smallest absolute Gasteiger partial charge is 0.127 e. The van der Waals surface area contributed by atoms with Crippen LogP contribution in [-0.4, -0.2) is 22.0 Å². The Labute approximate surface area is 235 Å². The standard InChI is InChI=1S/C29H21Cl4N3O/c30-21-6-2-8-28(26(33)16-21)36-27(19-9-11-24(31)25(32)15-19)12-10-22(35-36)14-20(17-37)23-7-1-4-18-5-3-13-34-29(18)23/h1-7,9,11-13,15-17,20H,8,10,14H2. The molecule has 1 aliphatic heterocycles. The fourth-order valence-corrected chi connectivity index (χ4v) is 5.32. The van der Waals surface area contributed by atoms with Gasteiger partial charge in [0, 0.05) is 53.1 Å². The van der Waals surface area contributed by atoms with E-state index in [4.69, 9.17) is 51.5 Å². The summed E-state index contributed by atoms with van der Waals surface area (Å²) in [7, 11) is 0. The zero-order chi connectivity index (χ0) is 25.9. The molecule has 2 aliphatic rings. The minimum Gasteiger partial charge on any atom is -0.303 e. The van der Waals surface area contributed by atoms with Crippen molar-refractivity contribution >= 4 is 75.0 Å². The fraction of sp³-hybridized carbons (Fsp3) is 0.138. The molecule has 0 spiro atoms. The molecule has 2 heterocycles. The molecule has 8 heteroatoms. The van der Waals surface area contributed by atoms with E-state index in [1.165, 1.54) is 0 Å². The molecule has 1 aromatic heterocycles. The SMILES string of the molecule is O=CC(CC1=NN(C2=C(Cl)C=C(Cl)C=CC2)C(c2ccc(Cl)c(Cl)c2)=CC1)c1cccc2cccnc12. The highest BCUT2D eigenvalue weighted by molar-refractivity contribution is 6.42. The van der Waals surface area contributed by atoms with Crippen molar-refractivity contribution in [2.75, 3.05) is 0 Å². The van der Waals surface area contributed by atoms with Crippen molar-refractivity contribution in [1.29, 1.82) is 0 Å². The van der Waals surface area contributed by atoms with Gasteiger partial charge in [-0.1, -0.05) is 88.9 Å². The average molecular weight is 569 g/mol. The van der Waals surface area contributed by atoms with Gasteiger partial charge in [-0.25, -0.2) is 5.01 Å². The van der Waals surface area contributed by atoms with Gasteiger partial charge < -0.3 is 4.79 Å². The lowest BCUT2D eigenvalue weighted by Crippen LogP contribution is -2.23. The van der Waals surface area contributed by atoms with Crippen molar-refractivity contribution < 1.29 is 4.79 Å². The number of fused-ring (bicyclic) bond motifs is 1. The fourth-order valence-electron chi connectivity index (χ4n) is 4.50. The van der Waals surface area contributed by atoms with E-state index in [0.29, 0.717) is 39.4 Å². The van der Waals surface area contributed by atoms with E-state index < -0.39 is 5.92 Å². The van der Waals surface area contributed by atoms with Crippen molar-refractivity contribution in [2.24, 2.45) is 5.10 Å². The van der Waals surface area contributed by atoms with Gasteiger partial charge in [-0.05, 0) is 35.9 Å². The van der Waals surface area contributed by atoms with Gasteiger partial charge >= 0.3 is 0 Å². The van der Waals surface area contributed by atoms with Gasteiger partial charge in [0.25, 0.3) is 0 Å². The van der Waals surface area contributed by atoms with E-state index in [1.54, 1.807) is 18.3 Å². The minimum atomic E-state index is -0.396. The predicted molar refractivity (Wildman–Crippen MR) is 154 cm³/mol. The van der Waals surface area contributed by atoms with Crippen LogP contribution in [-0.2, 0) is 4.79 Å². The molecule has 1 aliphatic carbocycles. The topological polar surface area (TPSA) is 45.6 Å². The summed E-state index contributed by atoms with van der Waals surface area (Å²) >= 11 is 25.5. The quantitative estimate of drug-likeness (QED) is 0.279. The van der Waals surface area contributed by atoms with E-state index >= 15 is 0 Å². The number of halogens is 4. The molecule has 0 saturated heterocycles. The predicted octanol–water partition coefficient (Wildman–Crippen LogP) is 8.85. The van der Waals surface area contributed by atoms with Gasteiger partial charge in [-0.3, -0.25) is 4.98 Å². The second-order valence-electron chi connectivity index (χ2n) is 8.70. The third-order valence-corrected chi connectivity index (χ3v) is 7.58. The first-order valence-corrected chi connectivity index (χ1v) is 13.2. The molecule has 0 radical (unpaired) electrons. The summed E-state index contributed by atoms with van der Waals surface area (Å²) in [5, 5.41) is 9.75. The molecule has 0 N–H and O–H groups in total. The van der Waals surface area contributed by atoms with Crippen LogP contribution in [0.4, 0.5) is 0 Å². The van der Waals surface area contributed by atoms with Gasteiger partial charge in [0.05, 0.1) is 32.0 Å². The molecule has 1 atom stereocenters. The van der Waals surface area contributed by atoms with Crippen LogP contribution in [0.2, 0.25) is 10.0 Å². The van der Waals surface area contributed by atoms with E-state index in [2.05, 4.69) is 11.1 Å². The number of para-hydroxylation sites is 1. The van der Waals surface area contributed by atoms with Crippen LogP contribution in [0.5, 0.6) is 0 Å². The summed E-state index contributed by atoms with van der Waals surface area (Å²) in [5.41, 5.74) is 4.98. The molecule has 3 aromatic rings. The van der Waals surface area contributed by atoms with E-state index in [9.17, 15) is 4.79 Å². The van der Waals surface area contributed by atoms with Gasteiger partial charge in [0.2, 0.25) is 0 Å². The number of allylic oxidation sites excluding steroid dienone is 6. The number of rotatable bonds is 6. The number of nitrogens with zero attached hydrogens (tertiary/aromatic N) is 3. The molecule has 37 heavy (non-hydrogen) atoms. The molecule has 0 amide bonds. The highest BCUT2D eigenvalue weighted by Crippen LogP contribution is 2.37. The summed E-state index contributed by atoms with van der Waals surface area (Å²) in [6, 6.07) is 15.2. The lowest BCUT2D eigenvalue weighted by molar-refractivity contribution is -0.108. The van der Waals surface area contributed by atoms with Crippen LogP contribution < -0.4 is 0 Å². The average Bonchev–Trinajstić information content (AvgIpc) is 3.08. The van der Waals surface area contributed by atoms with Crippen LogP contribution in [0.15, 0.2) is 99.9 Å². The van der Waals surface area contributed by atoms with Gasteiger partial charge in [-0.2, -0.15) is 5.10 Å². The van der Waals surface area contributed by atoms with Crippen LogP contribution in [0.1, 0.15) is 36.3 Å². The van der Waals surface area contributed by atoms with Gasteiger partial charge in [-0.15, -0.1) is 0 Å². The Hall–Kier alpha value is -2.89. The number of hydrazone groups is 1. The van der Waals surface area contributed by atoms with E-state index in [-0.39, 0.29) is 0 Å². The Morgan fingerprint density at radius 1 is 1.00 bits per heavy atom. The second kappa shape index (κ2) is 11.2. The molecule has 0 fully saturated rings. The van der Waals surface area contributed by atoms with Crippen molar-refractivity contribution in [3.63, 3.8) is 0 Å². The molecular weight excluding hydrogens is 548 g/mol. The number of hydrogen-bond donors (Lipinski definition) is 0. The zero-order valence-electron chi connectivity index (χ0n) is 19.5. The molecule has 2 aromatic carbocycles. The summed E-state index contributed by atoms with van der Waals surface area (Å²) in [5.74, 6) is -0.396. The first-order chi connectivity index (χ1) is 17.9. The van der Waals surface area contributed by atoms with Crippen molar-refractivity contribution in [1.82, 2.24) is 9.99 Å². The number of hydrogen-bond acceptors (Lipinski definition) is 4. The maximum absolute atomic E-state index is 12.3. The van der Waals surface area contributed by atoms with E-state index in [0.717, 1.165) is 45.4 Å². The molecular formula is C29H21Cl4N3O. The normalized spacial score (nSPS) is 16.8. The van der Waals surface area contributed by atoms with Crippen molar-refractivity contribution in [3.05, 3.63) is 116 Å². The number of carbonyl (C=O) groups excluding carboxylic acids is 1. The zero-order valence-corrected chi connectivity index (χ0v) is 22.6. The van der Waals surface area contributed by atoms with E-state index in [1.807, 2.05) is 59.6 Å². The lowest BCUT2D eigenvalue weighted by Gasteiger charge is -2.30. The summed E-state index contributed by atoms with van der Waals surface area (Å²) in [6.07, 6.45) is 11.8. The monoisotopic (exact) mass is 567 g/mol. The lowest BCUT2D eigenvalue weighted by atomic mass is 9.91. The number of aromatic nitrogens is 1. The van der Waals surface area contributed by atoms with Crippen LogP contribution in [0.25, 0.3) is 16.6 Å². The third-order valence-electron chi connectivity index (χ3n) is 6.28. The Balaban J connectivity index is 1.54. The third kappa shape index (κ3) is 5.53. The molecule has 0 bridgehead atoms. The Morgan fingerprint density at radius 2 is 1.84 bits per heavy atom. The molecule has 186 valence electrons. The Bertz CT molecular complexity index is 1530. The Kier molecular flexibility index (Phi) is 7.82. The maximum Gasteiger partial charge on any atom is 0.127 e. The van der Waals surface area contributed by atoms with Crippen LogP contribution in [0, 0.1) is 0 Å². The highest BCUT2D eigenvalue weighted by atomic mass is 35.5. The second-order valence-corrected chi connectivity index (χ2v) is 10.4. The first kappa shape index (κ1) is 25.7. The summed E-state index contributed by atoms with van der Waals surface area (Å²) < 4.78 is 0. The number of pyridine rings is 1. The molecule has 0 saturated carbocycles. The van der Waals surface area contributed by atoms with Crippen molar-refractivity contribution in [2.45, 2.75) is 25.2 Å². The maximum atomic E-state index is 12.3. The van der Waals surface area contributed by atoms with Gasteiger partial charge in [0.1, 0.15) is 6.29 Å². The van der Waals surface area contributed by atoms with Crippen molar-refractivity contribution in [3.8, 4) is 0 Å². The highest BCUT2D eigenvalue weighted by Gasteiger charge is 2.25. The number of carbonyl (C=O) groups is 1. The van der Waals surface area contributed by atoms with Crippen LogP contribution >= 0.6 is 46.4 Å². The first-order valence-electron chi connectivity index (χ1n) is 11.7. The summed E-state index contributed by atoms with van der Waals surface area (Å²) in [4.78, 5) is 16.8. The largest absolute Gasteiger partial charge is 0.303 e. The minimum absolute atomic E-state index is 0.396. The number of aldehydes is 1. The van der Waals surface area contributed by atoms with Gasteiger partial charge in [0.15, 0.2) is 0 Å². The molecule has 4 nitrogen and oxygen atoms in total. The summed E-state index contributed by atoms with van der Waals surface area (Å²) in [6.45, 7) is 0. The Morgan fingerprint density at radius 3 is 2.65 bits per heavy atom. The molecule has 1 unspecified atom stereocenters. The molecule has 5 rings (SSSR count). The van der Waals surface area contributed by atoms with Crippen LogP contribution in [0.3, 0.4) is 0 Å². The number of benzene rings is 2.